The molecule has 10 heteroatoms. The SMILES string of the molecule is CCCCCC[SiH]1O[SiH2]O[SiH2]O[Si](CCCCCC)(CCCCCC)O[Si](CCCCCC)(CCCCCC)O1. The Balaban J connectivity index is 3.32. The monoisotopic (exact) mass is 650 g/mol. The lowest BCUT2D eigenvalue weighted by Crippen LogP contribution is -2.59. The summed E-state index contributed by atoms with van der Waals surface area (Å²) >= 11 is 0. The highest BCUT2D eigenvalue weighted by molar-refractivity contribution is 6.85. The summed E-state index contributed by atoms with van der Waals surface area (Å²) in [5.74, 6) is 0. The van der Waals surface area contributed by atoms with Crippen LogP contribution in [0.15, 0.2) is 0 Å². The molecule has 1 heterocycles. The molecule has 40 heavy (non-hydrogen) atoms. The summed E-state index contributed by atoms with van der Waals surface area (Å²) in [6, 6.07) is 5.70. The predicted octanol–water partition coefficient (Wildman–Crippen LogP) is 9.09. The first-order chi connectivity index (χ1) is 19.6. The molecule has 1 saturated heterocycles. The Morgan fingerprint density at radius 1 is 0.475 bits per heavy atom. The summed E-state index contributed by atoms with van der Waals surface area (Å²) in [5.41, 5.74) is 0. The summed E-state index contributed by atoms with van der Waals surface area (Å²) in [6.07, 6.45) is 25.6. The fourth-order valence-corrected chi connectivity index (χ4v) is 26.0. The minimum Gasteiger partial charge on any atom is -0.425 e. The molecule has 0 radical (unpaired) electrons. The zero-order valence-corrected chi connectivity index (χ0v) is 33.7. The summed E-state index contributed by atoms with van der Waals surface area (Å²) in [7, 11) is -8.75. The molecule has 0 aliphatic carbocycles. The summed E-state index contributed by atoms with van der Waals surface area (Å²) < 4.78 is 34.9. The van der Waals surface area contributed by atoms with E-state index in [4.69, 9.17) is 20.6 Å². The molecule has 0 amide bonds. The van der Waals surface area contributed by atoms with Crippen molar-refractivity contribution in [2.45, 2.75) is 193 Å². The lowest BCUT2D eigenvalue weighted by molar-refractivity contribution is 0.258. The van der Waals surface area contributed by atoms with Gasteiger partial charge in [0.05, 0.1) is 0 Å². The first kappa shape index (κ1) is 38.9. The van der Waals surface area contributed by atoms with Crippen molar-refractivity contribution in [1.29, 1.82) is 0 Å². The highest BCUT2D eigenvalue weighted by atomic mass is 28.5. The molecule has 0 aromatic carbocycles. The predicted molar refractivity (Wildman–Crippen MR) is 186 cm³/mol. The standard InChI is InChI=1S/C30H70O5Si5/c1-6-11-16-21-26-38-32-36-31-37-33-39(27-22-17-12-7-2,28-23-18-13-8-3)35-40(34-38,29-24-19-14-9-4)30-25-20-15-10-5/h38H,6-30,36-37H2,1-5H3. The van der Waals surface area contributed by atoms with Crippen LogP contribution in [0.5, 0.6) is 0 Å². The van der Waals surface area contributed by atoms with Crippen LogP contribution in [-0.4, -0.2) is 46.4 Å². The van der Waals surface area contributed by atoms with E-state index in [2.05, 4.69) is 34.6 Å². The topological polar surface area (TPSA) is 46.2 Å². The van der Waals surface area contributed by atoms with Crippen LogP contribution in [0.4, 0.5) is 0 Å². The van der Waals surface area contributed by atoms with Crippen LogP contribution < -0.4 is 0 Å². The quantitative estimate of drug-likeness (QED) is 0.0729. The van der Waals surface area contributed by atoms with Crippen LogP contribution in [-0.2, 0) is 20.6 Å². The minimum absolute atomic E-state index is 1.02. The number of hydrogen-bond donors (Lipinski definition) is 0. The van der Waals surface area contributed by atoms with Gasteiger partial charge in [-0.3, -0.25) is 0 Å². The van der Waals surface area contributed by atoms with Crippen LogP contribution in [0, 0.1) is 0 Å². The molecule has 1 aliphatic heterocycles. The van der Waals surface area contributed by atoms with Crippen molar-refractivity contribution >= 4 is 46.4 Å². The maximum atomic E-state index is 7.74. The highest BCUT2D eigenvalue weighted by Gasteiger charge is 2.49. The average molecular weight is 651 g/mol. The average Bonchev–Trinajstić information content (AvgIpc) is 2.96. The van der Waals surface area contributed by atoms with Gasteiger partial charge in [0, 0.05) is 0 Å². The molecular weight excluding hydrogens is 581 g/mol. The van der Waals surface area contributed by atoms with E-state index in [-0.39, 0.29) is 0 Å². The zero-order chi connectivity index (χ0) is 29.2. The van der Waals surface area contributed by atoms with Crippen molar-refractivity contribution in [3.05, 3.63) is 0 Å². The Bertz CT molecular complexity index is 537. The highest BCUT2D eigenvalue weighted by Crippen LogP contribution is 2.36. The Labute approximate surface area is 259 Å². The van der Waals surface area contributed by atoms with Gasteiger partial charge in [0.1, 0.15) is 0 Å². The van der Waals surface area contributed by atoms with Gasteiger partial charge in [-0.1, -0.05) is 163 Å². The lowest BCUT2D eigenvalue weighted by atomic mass is 10.2. The molecule has 0 saturated carbocycles. The molecule has 5 nitrogen and oxygen atoms in total. The van der Waals surface area contributed by atoms with Crippen LogP contribution >= 0.6 is 0 Å². The Morgan fingerprint density at radius 2 is 0.900 bits per heavy atom. The maximum Gasteiger partial charge on any atom is 0.320 e. The Kier molecular flexibility index (Phi) is 25.6. The van der Waals surface area contributed by atoms with E-state index < -0.39 is 46.4 Å². The van der Waals surface area contributed by atoms with Gasteiger partial charge in [0.15, 0.2) is 0 Å². The normalized spacial score (nSPS) is 20.8. The van der Waals surface area contributed by atoms with Gasteiger partial charge in [0.25, 0.3) is 20.0 Å². The summed E-state index contributed by atoms with van der Waals surface area (Å²) in [6.45, 7) is 11.5. The molecule has 1 unspecified atom stereocenters. The molecule has 0 bridgehead atoms. The van der Waals surface area contributed by atoms with Gasteiger partial charge in [-0.2, -0.15) is 0 Å². The second-order valence-electron chi connectivity index (χ2n) is 12.3. The third-order valence-corrected chi connectivity index (χ3v) is 25.4. The number of unbranched alkanes of at least 4 members (excludes halogenated alkanes) is 15. The first-order valence-electron chi connectivity index (χ1n) is 17.8. The van der Waals surface area contributed by atoms with E-state index in [9.17, 15) is 0 Å². The van der Waals surface area contributed by atoms with Gasteiger partial charge in [-0.05, 0) is 30.2 Å². The molecule has 1 aliphatic rings. The van der Waals surface area contributed by atoms with E-state index in [1.54, 1.807) is 0 Å². The largest absolute Gasteiger partial charge is 0.425 e. The smallest absolute Gasteiger partial charge is 0.320 e. The fourth-order valence-electron chi connectivity index (χ4n) is 5.85. The van der Waals surface area contributed by atoms with E-state index in [1.807, 2.05) is 0 Å². The van der Waals surface area contributed by atoms with Crippen molar-refractivity contribution in [2.75, 3.05) is 0 Å². The van der Waals surface area contributed by atoms with Crippen molar-refractivity contribution in [1.82, 2.24) is 0 Å². The molecule has 1 atom stereocenters. The molecule has 0 aromatic rings. The van der Waals surface area contributed by atoms with Crippen LogP contribution in [0.3, 0.4) is 0 Å². The van der Waals surface area contributed by atoms with Crippen molar-refractivity contribution < 1.29 is 20.6 Å². The van der Waals surface area contributed by atoms with Gasteiger partial charge < -0.3 is 20.6 Å². The van der Waals surface area contributed by atoms with E-state index in [0.717, 1.165) is 30.2 Å². The molecule has 0 aromatic heterocycles. The van der Waals surface area contributed by atoms with Crippen LogP contribution in [0.1, 0.15) is 163 Å². The molecular formula is C30H70O5Si5. The third kappa shape index (κ3) is 18.5. The minimum atomic E-state index is -2.46. The van der Waals surface area contributed by atoms with Gasteiger partial charge in [-0.25, -0.2) is 0 Å². The molecule has 1 fully saturated rings. The van der Waals surface area contributed by atoms with Crippen LogP contribution in [0.25, 0.3) is 0 Å². The Morgan fingerprint density at radius 3 is 1.35 bits per heavy atom. The second-order valence-corrected chi connectivity index (χ2v) is 25.7. The molecule has 240 valence electrons. The van der Waals surface area contributed by atoms with Crippen molar-refractivity contribution in [2.24, 2.45) is 0 Å². The number of rotatable bonds is 25. The van der Waals surface area contributed by atoms with E-state index in [0.29, 0.717) is 0 Å². The first-order valence-corrected chi connectivity index (χ1v) is 26.3. The molecule has 1 rings (SSSR count). The van der Waals surface area contributed by atoms with Gasteiger partial charge in [0.2, 0.25) is 0 Å². The summed E-state index contributed by atoms with van der Waals surface area (Å²) in [4.78, 5) is 0. The Hall–Kier alpha value is 0.884. The molecule has 0 N–H and O–H groups in total. The fraction of sp³-hybridized carbons (Fsp3) is 1.00. The van der Waals surface area contributed by atoms with Crippen molar-refractivity contribution in [3.63, 3.8) is 0 Å². The van der Waals surface area contributed by atoms with Crippen molar-refractivity contribution in [3.8, 4) is 0 Å². The summed E-state index contributed by atoms with van der Waals surface area (Å²) in [5, 5.41) is 0. The third-order valence-electron chi connectivity index (χ3n) is 8.40. The maximum absolute atomic E-state index is 7.74. The van der Waals surface area contributed by atoms with Gasteiger partial charge in [-0.15, -0.1) is 0 Å². The molecule has 0 spiro atoms. The van der Waals surface area contributed by atoms with Crippen LogP contribution in [0.2, 0.25) is 30.2 Å². The second kappa shape index (κ2) is 26.3. The lowest BCUT2D eigenvalue weighted by Gasteiger charge is -2.44. The van der Waals surface area contributed by atoms with Gasteiger partial charge >= 0.3 is 26.4 Å². The van der Waals surface area contributed by atoms with E-state index >= 15 is 0 Å². The van der Waals surface area contributed by atoms with E-state index in [1.165, 1.54) is 128 Å². The zero-order valence-electron chi connectivity index (χ0n) is 27.7. The number of hydrogen-bond acceptors (Lipinski definition) is 5.